The maximum Gasteiger partial charge on any atom is 0.0915 e. The summed E-state index contributed by atoms with van der Waals surface area (Å²) in [5.41, 5.74) is 0. The van der Waals surface area contributed by atoms with E-state index in [1.165, 1.54) is 139 Å². The lowest BCUT2D eigenvalue weighted by Gasteiger charge is -2.44. The van der Waals surface area contributed by atoms with Crippen molar-refractivity contribution >= 4 is 0 Å². The fourth-order valence-corrected chi connectivity index (χ4v) is 5.71. The quantitative estimate of drug-likeness (QED) is 0.207. The molecule has 0 atom stereocenters. The molecule has 3 aliphatic heterocycles. The lowest BCUT2D eigenvalue weighted by Crippen LogP contribution is -3.00. The van der Waals surface area contributed by atoms with Gasteiger partial charge in [-0.3, -0.25) is 9.80 Å². The van der Waals surface area contributed by atoms with Crippen molar-refractivity contribution in [1.29, 1.82) is 0 Å². The number of rotatable bonds is 8. The second-order valence-electron chi connectivity index (χ2n) is 9.46. The van der Waals surface area contributed by atoms with E-state index >= 15 is 0 Å². The molecule has 6 heteroatoms. The van der Waals surface area contributed by atoms with Crippen molar-refractivity contribution in [2.24, 2.45) is 0 Å². The van der Waals surface area contributed by atoms with Crippen molar-refractivity contribution < 1.29 is 56.9 Å². The lowest BCUT2D eigenvalue weighted by atomic mass is 10.1. The van der Waals surface area contributed by atoms with E-state index in [1.54, 1.807) is 0 Å². The Morgan fingerprint density at radius 3 is 1.14 bits per heavy atom. The van der Waals surface area contributed by atoms with Gasteiger partial charge in [0.1, 0.15) is 0 Å². The van der Waals surface area contributed by atoms with Gasteiger partial charge in [0.25, 0.3) is 0 Å². The third-order valence-corrected chi connectivity index (χ3v) is 8.12. The van der Waals surface area contributed by atoms with Crippen molar-refractivity contribution in [3.05, 3.63) is 0 Å². The normalized spacial score (nSPS) is 25.5. The van der Waals surface area contributed by atoms with Gasteiger partial charge in [0.2, 0.25) is 0 Å². The van der Waals surface area contributed by atoms with Crippen LogP contribution in [0.5, 0.6) is 0 Å². The van der Waals surface area contributed by atoms with E-state index in [-0.39, 0.29) is 48.0 Å². The largest absolute Gasteiger partial charge is 1.00 e. The summed E-state index contributed by atoms with van der Waals surface area (Å²) < 4.78 is 2.80. The molecule has 3 rings (SSSR count). The molecule has 168 valence electrons. The zero-order valence-electron chi connectivity index (χ0n) is 18.7. The zero-order chi connectivity index (χ0) is 18.3. The van der Waals surface area contributed by atoms with Crippen LogP contribution in [0.4, 0.5) is 0 Å². The molecule has 0 aromatic carbocycles. The number of nitrogens with zero attached hydrogens (tertiary/aromatic N) is 4. The molecule has 3 fully saturated rings. The van der Waals surface area contributed by atoms with Crippen LogP contribution in [-0.2, 0) is 0 Å². The molecule has 3 saturated heterocycles. The highest BCUT2D eigenvalue weighted by atomic mass is 127. The van der Waals surface area contributed by atoms with Crippen LogP contribution >= 0.6 is 0 Å². The minimum atomic E-state index is 0. The van der Waals surface area contributed by atoms with Gasteiger partial charge in [-0.25, -0.2) is 0 Å². The van der Waals surface area contributed by atoms with Crippen LogP contribution in [-0.4, -0.2) is 110 Å². The molecule has 0 aliphatic carbocycles. The van der Waals surface area contributed by atoms with Crippen LogP contribution < -0.4 is 48.0 Å². The number of likely N-dealkylation sites (tertiary alicyclic amines) is 2. The molecule has 0 aromatic heterocycles. The number of quaternary nitrogens is 2. The average Bonchev–Trinajstić information content (AvgIpc) is 2.73. The van der Waals surface area contributed by atoms with Crippen molar-refractivity contribution in [3.8, 4) is 0 Å². The Balaban J connectivity index is 0.00000196. The predicted octanol–water partition coefficient (Wildman–Crippen LogP) is -3.35. The Morgan fingerprint density at radius 1 is 0.536 bits per heavy atom. The molecule has 0 N–H and O–H groups in total. The lowest BCUT2D eigenvalue weighted by molar-refractivity contribution is -0.930. The number of hydrogen-bond acceptors (Lipinski definition) is 2. The summed E-state index contributed by atoms with van der Waals surface area (Å²) in [5, 5.41) is 0. The summed E-state index contributed by atoms with van der Waals surface area (Å²) in [6.45, 7) is 23.9. The first-order valence-corrected chi connectivity index (χ1v) is 11.8. The predicted molar refractivity (Wildman–Crippen MR) is 111 cm³/mol. The van der Waals surface area contributed by atoms with Crippen LogP contribution in [0.3, 0.4) is 0 Å². The third kappa shape index (κ3) is 7.77. The molecule has 4 nitrogen and oxygen atoms in total. The molecule has 0 saturated carbocycles. The topological polar surface area (TPSA) is 6.48 Å². The van der Waals surface area contributed by atoms with E-state index in [9.17, 15) is 0 Å². The first kappa shape index (κ1) is 27.3. The Hall–Kier alpha value is 1.30. The van der Waals surface area contributed by atoms with Crippen molar-refractivity contribution in [3.63, 3.8) is 0 Å². The molecule has 28 heavy (non-hydrogen) atoms. The summed E-state index contributed by atoms with van der Waals surface area (Å²) in [5.74, 6) is 0. The van der Waals surface area contributed by atoms with Gasteiger partial charge in [-0.2, -0.15) is 0 Å². The van der Waals surface area contributed by atoms with Gasteiger partial charge < -0.3 is 56.9 Å². The standard InChI is InChI=1S/C22H46N4.2HI/c1-3-25(17-7-5-8-18-25)21-15-23-11-13-24(14-12-23)16-22-26(4-2)19-9-6-10-20-26;;/h3-22H2,1-2H3;2*1H/q+2;;/p-2. The van der Waals surface area contributed by atoms with Gasteiger partial charge in [-0.05, 0) is 52.4 Å². The molecule has 0 radical (unpaired) electrons. The van der Waals surface area contributed by atoms with Crippen LogP contribution in [0.2, 0.25) is 0 Å². The molecule has 3 heterocycles. The van der Waals surface area contributed by atoms with Crippen molar-refractivity contribution in [2.75, 3.05) is 91.6 Å². The maximum atomic E-state index is 2.76. The van der Waals surface area contributed by atoms with E-state index in [4.69, 9.17) is 0 Å². The van der Waals surface area contributed by atoms with Gasteiger partial charge in [-0.15, -0.1) is 0 Å². The van der Waals surface area contributed by atoms with Gasteiger partial charge >= 0.3 is 0 Å². The van der Waals surface area contributed by atoms with E-state index in [1.807, 2.05) is 0 Å². The van der Waals surface area contributed by atoms with Crippen molar-refractivity contribution in [2.45, 2.75) is 52.4 Å². The Kier molecular flexibility index (Phi) is 13.3. The smallest absolute Gasteiger partial charge is 0.0915 e. The Labute approximate surface area is 209 Å². The van der Waals surface area contributed by atoms with Gasteiger partial charge in [-0.1, -0.05) is 0 Å². The summed E-state index contributed by atoms with van der Waals surface area (Å²) >= 11 is 0. The molecule has 0 bridgehead atoms. The molecule has 0 spiro atoms. The zero-order valence-corrected chi connectivity index (χ0v) is 23.0. The summed E-state index contributed by atoms with van der Waals surface area (Å²) in [4.78, 5) is 5.51. The molecular formula is C22H46I2N4. The number of piperazine rings is 1. The molecule has 0 amide bonds. The van der Waals surface area contributed by atoms with Crippen molar-refractivity contribution in [1.82, 2.24) is 9.80 Å². The van der Waals surface area contributed by atoms with Gasteiger partial charge in [0.05, 0.1) is 52.4 Å². The average molecular weight is 620 g/mol. The second kappa shape index (κ2) is 13.7. The molecule has 0 unspecified atom stereocenters. The summed E-state index contributed by atoms with van der Waals surface area (Å²) in [6, 6.07) is 0. The fraction of sp³-hybridized carbons (Fsp3) is 1.00. The maximum absolute atomic E-state index is 2.76. The van der Waals surface area contributed by atoms with Crippen LogP contribution in [0.25, 0.3) is 0 Å². The van der Waals surface area contributed by atoms with E-state index < -0.39 is 0 Å². The summed E-state index contributed by atoms with van der Waals surface area (Å²) in [7, 11) is 0. The van der Waals surface area contributed by atoms with Crippen LogP contribution in [0.15, 0.2) is 0 Å². The van der Waals surface area contributed by atoms with E-state index in [2.05, 4.69) is 23.6 Å². The van der Waals surface area contributed by atoms with Crippen LogP contribution in [0, 0.1) is 0 Å². The van der Waals surface area contributed by atoms with Gasteiger partial charge in [0.15, 0.2) is 0 Å². The molecule has 3 aliphatic rings. The number of halogens is 2. The summed E-state index contributed by atoms with van der Waals surface area (Å²) in [6.07, 6.45) is 8.77. The number of likely N-dealkylation sites (N-methyl/N-ethyl adjacent to an activating group) is 2. The first-order valence-electron chi connectivity index (χ1n) is 11.8. The van der Waals surface area contributed by atoms with E-state index in [0.717, 1.165) is 0 Å². The fourth-order valence-electron chi connectivity index (χ4n) is 5.71. The van der Waals surface area contributed by atoms with E-state index in [0.29, 0.717) is 0 Å². The molecule has 0 aromatic rings. The minimum Gasteiger partial charge on any atom is -1.00 e. The van der Waals surface area contributed by atoms with Crippen LogP contribution in [0.1, 0.15) is 52.4 Å². The Morgan fingerprint density at radius 2 is 0.857 bits per heavy atom. The minimum absolute atomic E-state index is 0. The first-order chi connectivity index (χ1) is 12.7. The highest BCUT2D eigenvalue weighted by Crippen LogP contribution is 2.20. The third-order valence-electron chi connectivity index (χ3n) is 8.12. The number of piperidine rings is 2. The molecular weight excluding hydrogens is 574 g/mol. The SMILES string of the molecule is CC[N+]1(CCN2CCN(CC[N+]3(CC)CCCCC3)CC2)CCCCC1.[I-].[I-]. The highest BCUT2D eigenvalue weighted by Gasteiger charge is 2.31. The highest BCUT2D eigenvalue weighted by molar-refractivity contribution is 4.72. The number of hydrogen-bond donors (Lipinski definition) is 0. The second-order valence-corrected chi connectivity index (χ2v) is 9.46. The Bertz CT molecular complexity index is 363. The van der Waals surface area contributed by atoms with Gasteiger partial charge in [0, 0.05) is 39.3 Å². The monoisotopic (exact) mass is 620 g/mol.